The number of amides is 2. The number of nitrogens with zero attached hydrogens (tertiary/aromatic N) is 6. The first-order valence-electron chi connectivity index (χ1n) is 19.9. The molecule has 2 saturated heterocycles. The lowest BCUT2D eigenvalue weighted by Crippen LogP contribution is -2.36. The Morgan fingerprint density at radius 3 is 1.32 bits per heavy atom. The second-order valence-electron chi connectivity index (χ2n) is 14.4. The highest BCUT2D eigenvalue weighted by atomic mass is 32.2. The van der Waals surface area contributed by atoms with Crippen LogP contribution in [0.4, 0.5) is 11.4 Å². The van der Waals surface area contributed by atoms with E-state index in [1.54, 1.807) is 48.2 Å². The zero-order valence-corrected chi connectivity index (χ0v) is 43.2. The molecular formula is C41H32N6O15S9. The molecule has 0 unspecified atom stereocenters. The number of carboxylic acids is 4. The third-order valence-electron chi connectivity index (χ3n) is 9.71. The van der Waals surface area contributed by atoms with Crippen LogP contribution < -0.4 is 39.3 Å². The molecule has 30 heteroatoms. The minimum Gasteiger partial charge on any atom is -0.480 e. The SMILES string of the molecule is CCN1/C(=C\C=c2/s/c(=C3\SC(=S)N(CC(=O)O)C3=O)n(CC(=O)O)c2=O)Sc2ccccc21.O=C(O)CN1C(=O)/C(=c2/s/c(=C\C=C3\Sc4ccccc4N3CS(=O)(=O)O)c(=O)n2CC(=O)O)SC1=S. The van der Waals surface area contributed by atoms with Crippen LogP contribution in [0.15, 0.2) is 90.1 Å². The van der Waals surface area contributed by atoms with E-state index in [1.165, 1.54) is 28.8 Å². The number of hydrogen-bond donors (Lipinski definition) is 5. The van der Waals surface area contributed by atoms with E-state index < -0.39 is 89.0 Å². The number of benzene rings is 2. The molecule has 0 aliphatic carbocycles. The topological polar surface area (TPSA) is 295 Å². The van der Waals surface area contributed by atoms with Gasteiger partial charge in [0.25, 0.3) is 33.1 Å². The van der Waals surface area contributed by atoms with Crippen LogP contribution in [0.5, 0.6) is 0 Å². The Labute approximate surface area is 434 Å². The van der Waals surface area contributed by atoms with Gasteiger partial charge in [-0.2, -0.15) is 8.42 Å². The van der Waals surface area contributed by atoms with Crippen molar-refractivity contribution < 1.29 is 62.2 Å². The van der Waals surface area contributed by atoms with Gasteiger partial charge < -0.3 is 30.2 Å². The largest absolute Gasteiger partial charge is 0.480 e. The molecule has 0 radical (unpaired) electrons. The van der Waals surface area contributed by atoms with Gasteiger partial charge in [0.2, 0.25) is 0 Å². The van der Waals surface area contributed by atoms with E-state index in [0.29, 0.717) is 10.7 Å². The summed E-state index contributed by atoms with van der Waals surface area (Å²) in [5.41, 5.74) is 0.340. The maximum Gasteiger partial charge on any atom is 0.323 e. The molecule has 0 bridgehead atoms. The van der Waals surface area contributed by atoms with Crippen molar-refractivity contribution in [3.63, 3.8) is 0 Å². The number of aromatic nitrogens is 2. The summed E-state index contributed by atoms with van der Waals surface area (Å²) in [6, 6.07) is 14.8. The van der Waals surface area contributed by atoms with Gasteiger partial charge in [-0.05, 0) is 55.5 Å². The molecule has 8 rings (SSSR count). The summed E-state index contributed by atoms with van der Waals surface area (Å²) in [7, 11) is -4.40. The first-order valence-corrected chi connectivity index (χ1v) is 27.2. The number of fused-ring (bicyclic) bond motifs is 2. The Balaban J connectivity index is 0.000000209. The second-order valence-corrected chi connectivity index (χ2v) is 23.3. The Hall–Kier alpha value is -5.83. The van der Waals surface area contributed by atoms with Crippen molar-refractivity contribution >= 4 is 182 Å². The van der Waals surface area contributed by atoms with E-state index in [9.17, 15) is 61.5 Å². The molecule has 2 aromatic carbocycles. The van der Waals surface area contributed by atoms with Crippen LogP contribution in [0.2, 0.25) is 0 Å². The van der Waals surface area contributed by atoms with Gasteiger partial charge in [0.1, 0.15) is 54.0 Å². The van der Waals surface area contributed by atoms with Gasteiger partial charge >= 0.3 is 23.9 Å². The van der Waals surface area contributed by atoms with Crippen LogP contribution in [0.1, 0.15) is 6.92 Å². The molecule has 71 heavy (non-hydrogen) atoms. The van der Waals surface area contributed by atoms with Gasteiger partial charge in [-0.15, -0.1) is 22.7 Å². The molecule has 0 atom stereocenters. The van der Waals surface area contributed by atoms with Crippen LogP contribution in [0.25, 0.3) is 22.0 Å². The minimum absolute atomic E-state index is 0.000517. The predicted octanol–water partition coefficient (Wildman–Crippen LogP) is 1.43. The van der Waals surface area contributed by atoms with Gasteiger partial charge in [0.15, 0.2) is 5.88 Å². The number of carbonyl (C=O) groups is 6. The van der Waals surface area contributed by atoms with Crippen LogP contribution in [-0.2, 0) is 52.0 Å². The van der Waals surface area contributed by atoms with Crippen molar-refractivity contribution in [3.05, 3.63) is 110 Å². The van der Waals surface area contributed by atoms with Crippen molar-refractivity contribution in [1.82, 2.24) is 18.9 Å². The van der Waals surface area contributed by atoms with E-state index in [1.807, 2.05) is 31.2 Å². The van der Waals surface area contributed by atoms with Gasteiger partial charge in [0, 0.05) is 16.3 Å². The molecule has 21 nitrogen and oxygen atoms in total. The van der Waals surface area contributed by atoms with Crippen LogP contribution in [0.3, 0.4) is 0 Å². The molecule has 2 amide bonds. The Kier molecular flexibility index (Phi) is 16.3. The normalized spacial score (nSPS) is 18.8. The van der Waals surface area contributed by atoms with Crippen molar-refractivity contribution in [2.75, 3.05) is 35.3 Å². The number of thiazole rings is 2. The van der Waals surface area contributed by atoms with Gasteiger partial charge in [-0.25, -0.2) is 0 Å². The summed E-state index contributed by atoms with van der Waals surface area (Å²) in [5, 5.41) is 38.0. The van der Waals surface area contributed by atoms with E-state index in [0.717, 1.165) is 92.2 Å². The predicted molar refractivity (Wildman–Crippen MR) is 278 cm³/mol. The number of carboxylic acid groups (broad SMARTS) is 4. The summed E-state index contributed by atoms with van der Waals surface area (Å²) in [6.07, 6.45) is 6.22. The van der Waals surface area contributed by atoms with Gasteiger partial charge in [-0.1, -0.05) is 95.7 Å². The number of anilines is 2. The smallest absolute Gasteiger partial charge is 0.323 e. The fourth-order valence-electron chi connectivity index (χ4n) is 6.83. The van der Waals surface area contributed by atoms with Crippen molar-refractivity contribution in [2.45, 2.75) is 29.8 Å². The first kappa shape index (κ1) is 53.0. The Bertz CT molecular complexity index is 3580. The molecule has 6 heterocycles. The van der Waals surface area contributed by atoms with E-state index in [2.05, 4.69) is 4.90 Å². The molecule has 2 aromatic heterocycles. The monoisotopic (exact) mass is 1140 g/mol. The molecule has 2 fully saturated rings. The number of carbonyl (C=O) groups excluding carboxylic acids is 2. The number of thiocarbonyl (C=S) groups is 2. The molecular weight excluding hydrogens is 1110 g/mol. The van der Waals surface area contributed by atoms with E-state index in [4.69, 9.17) is 34.6 Å². The van der Waals surface area contributed by atoms with Crippen molar-refractivity contribution in [1.29, 1.82) is 0 Å². The minimum atomic E-state index is -4.40. The Morgan fingerprint density at radius 1 is 0.563 bits per heavy atom. The number of thioether (sulfide) groups is 4. The summed E-state index contributed by atoms with van der Waals surface area (Å²) >= 11 is 16.4. The quantitative estimate of drug-likeness (QED) is 0.0935. The highest BCUT2D eigenvalue weighted by Crippen LogP contribution is 2.46. The number of para-hydroxylation sites is 2. The first-order chi connectivity index (χ1) is 33.6. The Morgan fingerprint density at radius 2 is 0.944 bits per heavy atom. The lowest BCUT2D eigenvalue weighted by molar-refractivity contribution is -0.140. The third-order valence-corrected chi connectivity index (χ3v) is 18.0. The van der Waals surface area contributed by atoms with E-state index >= 15 is 0 Å². The lowest BCUT2D eigenvalue weighted by atomic mass is 10.3. The molecule has 0 spiro atoms. The van der Waals surface area contributed by atoms with Crippen LogP contribution >= 0.6 is 94.2 Å². The number of rotatable bonds is 13. The lowest BCUT2D eigenvalue weighted by Gasteiger charge is -2.17. The van der Waals surface area contributed by atoms with Gasteiger partial charge in [0.05, 0.1) is 30.5 Å². The average molecular weight is 1140 g/mol. The highest BCUT2D eigenvalue weighted by molar-refractivity contribution is 8.30. The number of hydrogen-bond acceptors (Lipinski definition) is 20. The van der Waals surface area contributed by atoms with Gasteiger partial charge in [-0.3, -0.25) is 61.8 Å². The maximum atomic E-state index is 13.1. The zero-order valence-electron chi connectivity index (χ0n) is 35.8. The summed E-state index contributed by atoms with van der Waals surface area (Å²) in [4.78, 5) is 104. The van der Waals surface area contributed by atoms with Crippen LogP contribution in [0, 0.1) is 0 Å². The van der Waals surface area contributed by atoms with Crippen molar-refractivity contribution in [3.8, 4) is 0 Å². The summed E-state index contributed by atoms with van der Waals surface area (Å²) < 4.78 is 34.9. The summed E-state index contributed by atoms with van der Waals surface area (Å²) in [6.45, 7) is 0.0492. The third kappa shape index (κ3) is 11.8. The molecule has 370 valence electrons. The van der Waals surface area contributed by atoms with E-state index in [-0.39, 0.29) is 36.8 Å². The number of aliphatic carboxylic acids is 4. The average Bonchev–Trinajstić information content (AvgIpc) is 4.11. The zero-order chi connectivity index (χ0) is 51.6. The molecule has 4 aromatic rings. The second kappa shape index (κ2) is 21.9. The fraction of sp³-hybridized carbons (Fsp3) is 0.171. The molecule has 0 saturated carbocycles. The molecule has 4 aliphatic rings. The highest BCUT2D eigenvalue weighted by Gasteiger charge is 2.37. The maximum absolute atomic E-state index is 13.1. The number of allylic oxidation sites excluding steroid dienone is 2. The fourth-order valence-corrected chi connectivity index (χ4v) is 14.6. The van der Waals surface area contributed by atoms with Crippen LogP contribution in [-0.4, -0.2) is 122 Å². The summed E-state index contributed by atoms with van der Waals surface area (Å²) in [5.74, 6) is -7.26. The molecule has 5 N–H and O–H groups in total. The van der Waals surface area contributed by atoms with Crippen molar-refractivity contribution in [2.24, 2.45) is 0 Å². The standard InChI is InChI=1S/C21H17N3O6S4.C20H15N3O9S5/c1-2-22-11-5-3-4-6-12(11)32-14(22)8-7-13-18(29)23(9-15(25)26)20(33-13)17-19(30)24(10-16(27)28)21(31)34-17;24-14(25)7-21-17(28)12(35-19(21)16-18(29)22(8-15(26)27)20(33)36-16)5-6-13-23(9-37(30,31)32)10-3-1-2-4-11(10)34-13/h3-8H,2,9-10H2,1H3,(H,25,26)(H,27,28);1-6H,7-9H2,(H,24,25)(H,26,27)(H,30,31,32)/b13-7-,14-8+,20-17-;12-5-,13-6+,19-16-. The molecule has 4 aliphatic heterocycles.